The zero-order valence-electron chi connectivity index (χ0n) is 18.4. The van der Waals surface area contributed by atoms with E-state index in [1.807, 2.05) is 4.90 Å². The summed E-state index contributed by atoms with van der Waals surface area (Å²) in [6, 6.07) is -0.520. The molecule has 176 valence electrons. The van der Waals surface area contributed by atoms with Crippen LogP contribution >= 0.6 is 0 Å². The van der Waals surface area contributed by atoms with Crippen molar-refractivity contribution in [3.05, 3.63) is 0 Å². The van der Waals surface area contributed by atoms with Gasteiger partial charge in [0.15, 0.2) is 0 Å². The Kier molecular flexibility index (Phi) is 7.17. The number of hydrogen-bond donors (Lipinski definition) is 3. The average Bonchev–Trinajstić information content (AvgIpc) is 3.17. The topological polar surface area (TPSA) is 114 Å². The lowest BCUT2D eigenvalue weighted by molar-refractivity contribution is -0.134. The van der Waals surface area contributed by atoms with Crippen molar-refractivity contribution < 1.29 is 18.0 Å². The van der Waals surface area contributed by atoms with Gasteiger partial charge in [-0.3, -0.25) is 19.4 Å². The zero-order valence-corrected chi connectivity index (χ0v) is 19.2. The summed E-state index contributed by atoms with van der Waals surface area (Å²) in [5, 5.41) is 6.52. The molecule has 4 aliphatic rings. The van der Waals surface area contributed by atoms with Crippen molar-refractivity contribution >= 4 is 21.8 Å². The van der Waals surface area contributed by atoms with Crippen molar-refractivity contribution in [1.82, 2.24) is 30.1 Å². The van der Waals surface area contributed by atoms with Gasteiger partial charge < -0.3 is 15.5 Å². The second-order valence-electron chi connectivity index (χ2n) is 9.36. The number of nitrogens with zero attached hydrogens (tertiary/aromatic N) is 3. The normalized spacial score (nSPS) is 33.2. The van der Waals surface area contributed by atoms with E-state index in [4.69, 9.17) is 0 Å². The molecule has 2 amide bonds. The molecule has 4 rings (SSSR count). The molecular weight excluding hydrogens is 420 g/mol. The largest absolute Gasteiger partial charge is 0.353 e. The first-order chi connectivity index (χ1) is 14.8. The van der Waals surface area contributed by atoms with Crippen LogP contribution in [-0.4, -0.2) is 111 Å². The third-order valence-electron chi connectivity index (χ3n) is 7.09. The van der Waals surface area contributed by atoms with Crippen LogP contribution in [0.25, 0.3) is 0 Å². The Morgan fingerprint density at radius 3 is 2.65 bits per heavy atom. The number of carbonyl (C=O) groups excluding carboxylic acids is 2. The van der Waals surface area contributed by atoms with Crippen LogP contribution < -0.4 is 15.4 Å². The summed E-state index contributed by atoms with van der Waals surface area (Å²) in [5.41, 5.74) is 0. The number of sulfonamides is 1. The van der Waals surface area contributed by atoms with Gasteiger partial charge in [-0.05, 0) is 38.6 Å². The van der Waals surface area contributed by atoms with Gasteiger partial charge in [0.1, 0.15) is 0 Å². The molecule has 0 saturated carbocycles. The lowest BCUT2D eigenvalue weighted by atomic mass is 10.0. The molecule has 0 aliphatic carbocycles. The zero-order chi connectivity index (χ0) is 22.0. The molecule has 4 heterocycles. The van der Waals surface area contributed by atoms with E-state index in [-0.39, 0.29) is 29.9 Å². The van der Waals surface area contributed by atoms with E-state index in [1.165, 1.54) is 19.3 Å². The second kappa shape index (κ2) is 9.70. The molecule has 0 aromatic carbocycles. The van der Waals surface area contributed by atoms with E-state index in [0.717, 1.165) is 39.0 Å². The van der Waals surface area contributed by atoms with Crippen molar-refractivity contribution in [3.8, 4) is 0 Å². The van der Waals surface area contributed by atoms with Gasteiger partial charge in [0, 0.05) is 57.8 Å². The fraction of sp³-hybridized carbons (Fsp3) is 0.900. The summed E-state index contributed by atoms with van der Waals surface area (Å²) in [4.78, 5) is 31.6. The van der Waals surface area contributed by atoms with Gasteiger partial charge >= 0.3 is 0 Å². The Labute approximate surface area is 185 Å². The van der Waals surface area contributed by atoms with E-state index in [2.05, 4.69) is 25.2 Å². The highest BCUT2D eigenvalue weighted by Crippen LogP contribution is 2.26. The summed E-state index contributed by atoms with van der Waals surface area (Å²) in [5.74, 6) is 0.127. The number of nitrogens with one attached hydrogen (secondary N) is 3. The lowest BCUT2D eigenvalue weighted by Crippen LogP contribution is -2.58. The highest BCUT2D eigenvalue weighted by Gasteiger charge is 2.44. The van der Waals surface area contributed by atoms with Gasteiger partial charge in [-0.2, -0.15) is 0 Å². The van der Waals surface area contributed by atoms with Crippen LogP contribution in [0, 0.1) is 0 Å². The van der Waals surface area contributed by atoms with Crippen molar-refractivity contribution in [2.45, 2.75) is 62.8 Å². The van der Waals surface area contributed by atoms with E-state index in [0.29, 0.717) is 38.5 Å². The van der Waals surface area contributed by atoms with Gasteiger partial charge in [0.2, 0.25) is 21.8 Å². The van der Waals surface area contributed by atoms with Crippen molar-refractivity contribution in [2.75, 3.05) is 52.1 Å². The van der Waals surface area contributed by atoms with Crippen LogP contribution in [0.4, 0.5) is 0 Å². The quantitative estimate of drug-likeness (QED) is 0.446. The molecule has 0 aromatic rings. The average molecular weight is 457 g/mol. The summed E-state index contributed by atoms with van der Waals surface area (Å²) in [6.45, 7) is 5.47. The summed E-state index contributed by atoms with van der Waals surface area (Å²) < 4.78 is 25.8. The Balaban J connectivity index is 1.25. The van der Waals surface area contributed by atoms with Crippen LogP contribution in [0.3, 0.4) is 0 Å². The minimum atomic E-state index is -3.32. The third kappa shape index (κ3) is 5.75. The number of piperazine rings is 2. The second-order valence-corrected chi connectivity index (χ2v) is 11.1. The highest BCUT2D eigenvalue weighted by molar-refractivity contribution is 7.88. The summed E-state index contributed by atoms with van der Waals surface area (Å²) >= 11 is 0. The van der Waals surface area contributed by atoms with Gasteiger partial charge in [-0.1, -0.05) is 0 Å². The SMILES string of the molecule is CS(=O)(=O)N[C@@H]1C[C@H]2C(=O)NC[C@@H](CCC(=O)N3CCN(C4CCCCN4)CC3)N2C1. The molecular formula is C20H36N6O4S. The first-order valence-corrected chi connectivity index (χ1v) is 13.5. The maximum atomic E-state index is 12.8. The number of hydrogen-bond acceptors (Lipinski definition) is 7. The molecule has 10 nitrogen and oxygen atoms in total. The molecule has 3 N–H and O–H groups in total. The maximum Gasteiger partial charge on any atom is 0.237 e. The first kappa shape index (κ1) is 22.9. The molecule has 4 atom stereocenters. The van der Waals surface area contributed by atoms with Gasteiger partial charge in [-0.25, -0.2) is 13.1 Å². The predicted octanol–water partition coefficient (Wildman–Crippen LogP) is -1.50. The standard InChI is InChI=1S/C20H36N6O4S/c1-31(29,30)23-15-12-17-20(28)22-13-16(26(17)14-15)5-6-19(27)25-10-8-24(9-11-25)18-4-2-3-7-21-18/h15-18,21,23H,2-14H2,1H3,(H,22,28)/t15-,16-,17+,18?/m1/s1. The minimum absolute atomic E-state index is 0.0483. The Morgan fingerprint density at radius 2 is 1.97 bits per heavy atom. The lowest BCUT2D eigenvalue weighted by Gasteiger charge is -2.41. The van der Waals surface area contributed by atoms with Crippen LogP contribution in [0.5, 0.6) is 0 Å². The molecule has 0 bridgehead atoms. The smallest absolute Gasteiger partial charge is 0.237 e. The van der Waals surface area contributed by atoms with E-state index < -0.39 is 10.0 Å². The van der Waals surface area contributed by atoms with E-state index in [9.17, 15) is 18.0 Å². The van der Waals surface area contributed by atoms with Crippen LogP contribution in [-0.2, 0) is 19.6 Å². The Morgan fingerprint density at radius 1 is 1.19 bits per heavy atom. The summed E-state index contributed by atoms with van der Waals surface area (Å²) in [7, 11) is -3.32. The predicted molar refractivity (Wildman–Crippen MR) is 117 cm³/mol. The highest BCUT2D eigenvalue weighted by atomic mass is 32.2. The first-order valence-electron chi connectivity index (χ1n) is 11.6. The maximum absolute atomic E-state index is 12.8. The van der Waals surface area contributed by atoms with E-state index in [1.54, 1.807) is 0 Å². The number of amides is 2. The van der Waals surface area contributed by atoms with Crippen LogP contribution in [0.15, 0.2) is 0 Å². The van der Waals surface area contributed by atoms with Gasteiger partial charge in [-0.15, -0.1) is 0 Å². The number of carbonyl (C=O) groups is 2. The van der Waals surface area contributed by atoms with Crippen molar-refractivity contribution in [1.29, 1.82) is 0 Å². The van der Waals surface area contributed by atoms with Crippen LogP contribution in [0.2, 0.25) is 0 Å². The van der Waals surface area contributed by atoms with Crippen LogP contribution in [0.1, 0.15) is 38.5 Å². The minimum Gasteiger partial charge on any atom is -0.353 e. The fourth-order valence-corrected chi connectivity index (χ4v) is 6.28. The van der Waals surface area contributed by atoms with Gasteiger partial charge in [0.25, 0.3) is 0 Å². The molecule has 0 aromatic heterocycles. The number of fused-ring (bicyclic) bond motifs is 1. The fourth-order valence-electron chi connectivity index (χ4n) is 5.51. The molecule has 31 heavy (non-hydrogen) atoms. The monoisotopic (exact) mass is 456 g/mol. The van der Waals surface area contributed by atoms with Crippen molar-refractivity contribution in [3.63, 3.8) is 0 Å². The number of piperidine rings is 1. The van der Waals surface area contributed by atoms with Crippen molar-refractivity contribution in [2.24, 2.45) is 0 Å². The molecule has 0 radical (unpaired) electrons. The molecule has 4 saturated heterocycles. The third-order valence-corrected chi connectivity index (χ3v) is 7.85. The Hall–Kier alpha value is -1.27. The molecule has 11 heteroatoms. The van der Waals surface area contributed by atoms with Gasteiger partial charge in [0.05, 0.1) is 18.5 Å². The molecule has 4 fully saturated rings. The molecule has 4 aliphatic heterocycles. The molecule has 1 unspecified atom stereocenters. The summed E-state index contributed by atoms with van der Waals surface area (Å²) in [6.07, 6.45) is 6.91. The van der Waals surface area contributed by atoms with E-state index >= 15 is 0 Å². The molecule has 0 spiro atoms. The Bertz CT molecular complexity index is 764. The number of rotatable bonds is 6.